The van der Waals surface area contributed by atoms with Crippen LogP contribution in [0.1, 0.15) is 39.7 Å². The maximum atomic E-state index is 12.6. The minimum Gasteiger partial charge on any atom is -0.444 e. The van der Waals surface area contributed by atoms with Gasteiger partial charge in [0, 0.05) is 6.54 Å². The smallest absolute Gasteiger partial charge is 0.410 e. The molecule has 4 rings (SSSR count). The Kier molecular flexibility index (Phi) is 3.82. The summed E-state index contributed by atoms with van der Waals surface area (Å²) in [4.78, 5) is 22.9. The molecule has 2 N–H and O–H groups in total. The van der Waals surface area contributed by atoms with Gasteiger partial charge < -0.3 is 15.4 Å². The standard InChI is InChI=1S/C16H21IN6O2/c1-16(2,3)25-15(24)22-6-8-4-9(22)10(5-8)23-14-11(12(17)21-23)13(18)19-7-20-14/h7-10H,4-6H2,1-3H3,(H2,18,19,20)/t8-,9+,10+/m1/s1. The predicted octanol–water partition coefficient (Wildman–Crippen LogP) is 2.58. The second-order valence-corrected chi connectivity index (χ2v) is 8.82. The third-order valence-corrected chi connectivity index (χ3v) is 5.62. The minimum atomic E-state index is -0.496. The number of amides is 1. The van der Waals surface area contributed by atoms with E-state index in [0.29, 0.717) is 11.7 Å². The summed E-state index contributed by atoms with van der Waals surface area (Å²) in [5.74, 6) is 0.909. The van der Waals surface area contributed by atoms with Gasteiger partial charge >= 0.3 is 6.09 Å². The maximum Gasteiger partial charge on any atom is 0.410 e. The molecule has 1 saturated heterocycles. The van der Waals surface area contributed by atoms with Gasteiger partial charge in [0.15, 0.2) is 5.65 Å². The summed E-state index contributed by atoms with van der Waals surface area (Å²) in [6, 6.07) is 0.168. The number of nitrogens with two attached hydrogens (primary N) is 1. The lowest BCUT2D eigenvalue weighted by molar-refractivity contribution is 0.0135. The van der Waals surface area contributed by atoms with E-state index in [9.17, 15) is 4.79 Å². The Morgan fingerprint density at radius 3 is 2.72 bits per heavy atom. The Bertz CT molecular complexity index is 845. The van der Waals surface area contributed by atoms with Crippen LogP contribution >= 0.6 is 22.6 Å². The summed E-state index contributed by atoms with van der Waals surface area (Å²) in [6.45, 7) is 6.42. The molecular formula is C16H21IN6O2. The highest BCUT2D eigenvalue weighted by atomic mass is 127. The third kappa shape index (κ3) is 2.81. The highest BCUT2D eigenvalue weighted by Gasteiger charge is 2.49. The van der Waals surface area contributed by atoms with Gasteiger partial charge in [0.2, 0.25) is 0 Å². The van der Waals surface area contributed by atoms with Gasteiger partial charge in [0.1, 0.15) is 21.4 Å². The number of nitrogens with zero attached hydrogens (tertiary/aromatic N) is 5. The second-order valence-electron chi connectivity index (χ2n) is 7.80. The lowest BCUT2D eigenvalue weighted by atomic mass is 10.1. The van der Waals surface area contributed by atoms with Crippen molar-refractivity contribution in [2.24, 2.45) is 5.92 Å². The summed E-state index contributed by atoms with van der Waals surface area (Å²) in [7, 11) is 0. The molecule has 2 bridgehead atoms. The van der Waals surface area contributed by atoms with Crippen molar-refractivity contribution in [2.75, 3.05) is 12.3 Å². The van der Waals surface area contributed by atoms with Crippen LogP contribution in [0, 0.1) is 9.62 Å². The fourth-order valence-electron chi connectivity index (χ4n) is 3.97. The van der Waals surface area contributed by atoms with Gasteiger partial charge in [-0.1, -0.05) is 0 Å². The number of likely N-dealkylation sites (tertiary alicyclic amines) is 1. The van der Waals surface area contributed by atoms with Gasteiger partial charge in [-0.25, -0.2) is 19.4 Å². The van der Waals surface area contributed by atoms with Gasteiger partial charge in [-0.2, -0.15) is 5.10 Å². The number of carbonyl (C=O) groups is 1. The Hall–Kier alpha value is -1.65. The molecule has 0 spiro atoms. The fourth-order valence-corrected chi connectivity index (χ4v) is 4.72. The number of nitrogen functional groups attached to an aromatic ring is 1. The zero-order chi connectivity index (χ0) is 17.9. The van der Waals surface area contributed by atoms with E-state index in [-0.39, 0.29) is 18.2 Å². The number of halogens is 1. The Labute approximate surface area is 159 Å². The third-order valence-electron chi connectivity index (χ3n) is 4.87. The molecule has 1 aliphatic carbocycles. The largest absolute Gasteiger partial charge is 0.444 e. The number of carbonyl (C=O) groups excluding carboxylic acids is 1. The molecule has 0 unspecified atom stereocenters. The minimum absolute atomic E-state index is 0.0786. The monoisotopic (exact) mass is 456 g/mol. The molecule has 0 radical (unpaired) electrons. The van der Waals surface area contributed by atoms with E-state index in [4.69, 9.17) is 10.5 Å². The van der Waals surface area contributed by atoms with Crippen molar-refractivity contribution < 1.29 is 9.53 Å². The number of fused-ring (bicyclic) bond motifs is 3. The quantitative estimate of drug-likeness (QED) is 0.663. The topological polar surface area (TPSA) is 99.2 Å². The first-order chi connectivity index (χ1) is 11.7. The first kappa shape index (κ1) is 16.8. The normalized spacial score (nSPS) is 25.8. The van der Waals surface area contributed by atoms with Gasteiger partial charge in [-0.15, -0.1) is 0 Å². The number of ether oxygens (including phenoxy) is 1. The molecule has 134 valence electrons. The first-order valence-electron chi connectivity index (χ1n) is 8.38. The molecule has 8 nitrogen and oxygen atoms in total. The summed E-state index contributed by atoms with van der Waals surface area (Å²) < 4.78 is 8.30. The molecule has 2 aromatic rings. The molecule has 2 fully saturated rings. The SMILES string of the molecule is CC(C)(C)OC(=O)N1C[C@@H]2C[C@H]1[C@@H](n1nc(I)c3c(N)ncnc31)C2. The van der Waals surface area contributed by atoms with E-state index in [1.807, 2.05) is 30.4 Å². The van der Waals surface area contributed by atoms with E-state index in [1.165, 1.54) is 6.33 Å². The number of hydrogen-bond donors (Lipinski definition) is 1. The second kappa shape index (κ2) is 5.68. The molecule has 2 aliphatic rings. The van der Waals surface area contributed by atoms with Crippen LogP contribution in [0.25, 0.3) is 11.0 Å². The van der Waals surface area contributed by atoms with Crippen molar-refractivity contribution in [2.45, 2.75) is 51.3 Å². The van der Waals surface area contributed by atoms with Crippen LogP contribution < -0.4 is 5.73 Å². The molecule has 1 aliphatic heterocycles. The summed E-state index contributed by atoms with van der Waals surface area (Å²) in [5, 5.41) is 5.45. The van der Waals surface area contributed by atoms with E-state index in [0.717, 1.165) is 34.1 Å². The summed E-state index contributed by atoms with van der Waals surface area (Å²) in [6.07, 6.45) is 3.18. The van der Waals surface area contributed by atoms with Crippen molar-refractivity contribution in [3.8, 4) is 0 Å². The lowest BCUT2D eigenvalue weighted by Crippen LogP contribution is -2.45. The molecule has 0 aromatic carbocycles. The maximum absolute atomic E-state index is 12.6. The van der Waals surface area contributed by atoms with Crippen molar-refractivity contribution in [3.05, 3.63) is 10.0 Å². The summed E-state index contributed by atoms with van der Waals surface area (Å²) in [5.41, 5.74) is 6.23. The fraction of sp³-hybridized carbons (Fsp3) is 0.625. The van der Waals surface area contributed by atoms with E-state index < -0.39 is 5.60 Å². The Morgan fingerprint density at radius 1 is 1.32 bits per heavy atom. The van der Waals surface area contributed by atoms with Crippen LogP contribution in [-0.4, -0.2) is 48.9 Å². The average Bonchev–Trinajstić information content (AvgIpc) is 3.18. The summed E-state index contributed by atoms with van der Waals surface area (Å²) >= 11 is 2.16. The predicted molar refractivity (Wildman–Crippen MR) is 101 cm³/mol. The molecule has 3 heterocycles. The molecule has 1 amide bonds. The van der Waals surface area contributed by atoms with E-state index in [2.05, 4.69) is 37.7 Å². The van der Waals surface area contributed by atoms with Gasteiger partial charge in [-0.3, -0.25) is 0 Å². The molecular weight excluding hydrogens is 435 g/mol. The van der Waals surface area contributed by atoms with Crippen LogP contribution in [-0.2, 0) is 4.74 Å². The zero-order valence-corrected chi connectivity index (χ0v) is 16.6. The van der Waals surface area contributed by atoms with Gasteiger partial charge in [0.25, 0.3) is 0 Å². The number of piperidine rings is 1. The zero-order valence-electron chi connectivity index (χ0n) is 14.4. The Balaban J connectivity index is 1.67. The van der Waals surface area contributed by atoms with Crippen molar-refractivity contribution in [3.63, 3.8) is 0 Å². The lowest BCUT2D eigenvalue weighted by Gasteiger charge is -2.34. The van der Waals surface area contributed by atoms with Crippen LogP contribution in [0.2, 0.25) is 0 Å². The highest BCUT2D eigenvalue weighted by Crippen LogP contribution is 2.46. The number of rotatable bonds is 1. The molecule has 9 heteroatoms. The molecule has 1 saturated carbocycles. The van der Waals surface area contributed by atoms with E-state index >= 15 is 0 Å². The van der Waals surface area contributed by atoms with Gasteiger partial charge in [0.05, 0.1) is 17.5 Å². The molecule has 25 heavy (non-hydrogen) atoms. The Morgan fingerprint density at radius 2 is 2.04 bits per heavy atom. The average molecular weight is 456 g/mol. The highest BCUT2D eigenvalue weighted by molar-refractivity contribution is 14.1. The van der Waals surface area contributed by atoms with Crippen LogP contribution in [0.5, 0.6) is 0 Å². The number of aromatic nitrogens is 4. The molecule has 2 aromatic heterocycles. The van der Waals surface area contributed by atoms with Crippen molar-refractivity contribution >= 4 is 45.5 Å². The molecule has 3 atom stereocenters. The van der Waals surface area contributed by atoms with Crippen molar-refractivity contribution in [1.82, 2.24) is 24.6 Å². The van der Waals surface area contributed by atoms with Crippen LogP contribution in [0.4, 0.5) is 10.6 Å². The van der Waals surface area contributed by atoms with Crippen molar-refractivity contribution in [1.29, 1.82) is 0 Å². The van der Waals surface area contributed by atoms with Crippen LogP contribution in [0.15, 0.2) is 6.33 Å². The number of hydrogen-bond acceptors (Lipinski definition) is 6. The van der Waals surface area contributed by atoms with Crippen LogP contribution in [0.3, 0.4) is 0 Å². The van der Waals surface area contributed by atoms with Gasteiger partial charge in [-0.05, 0) is 62.1 Å². The number of anilines is 1. The first-order valence-corrected chi connectivity index (χ1v) is 9.46. The van der Waals surface area contributed by atoms with E-state index in [1.54, 1.807) is 0 Å².